The molecule has 0 saturated carbocycles. The van der Waals surface area contributed by atoms with E-state index in [0.29, 0.717) is 0 Å². The van der Waals surface area contributed by atoms with Crippen molar-refractivity contribution >= 4 is 15.9 Å². The molecule has 2 aromatic carbocycles. The van der Waals surface area contributed by atoms with Crippen LogP contribution in [0.1, 0.15) is 30.7 Å². The summed E-state index contributed by atoms with van der Waals surface area (Å²) in [6.45, 7) is 3.26. The van der Waals surface area contributed by atoms with E-state index in [1.807, 2.05) is 0 Å². The average molecular weight is 382 g/mol. The van der Waals surface area contributed by atoms with Crippen LogP contribution in [0.25, 0.3) is 16.9 Å². The molecule has 0 spiro atoms. The Morgan fingerprint density at radius 1 is 0.917 bits per heavy atom. The van der Waals surface area contributed by atoms with Gasteiger partial charge in [-0.05, 0) is 50.5 Å². The third-order valence-corrected chi connectivity index (χ3v) is 5.39. The molecule has 2 heterocycles. The first kappa shape index (κ1) is 15.6. The van der Waals surface area contributed by atoms with E-state index in [1.165, 1.54) is 47.6 Å². The van der Waals surface area contributed by atoms with Gasteiger partial charge in [0.1, 0.15) is 11.9 Å². The molecule has 2 nitrogen and oxygen atoms in total. The summed E-state index contributed by atoms with van der Waals surface area (Å²) < 4.78 is 6.03. The molecule has 1 aliphatic rings. The molecule has 0 amide bonds. The van der Waals surface area contributed by atoms with Gasteiger partial charge in [0.2, 0.25) is 0 Å². The molecule has 3 heteroatoms. The summed E-state index contributed by atoms with van der Waals surface area (Å²) >= 11 is 3.54. The molecule has 0 fully saturated rings. The maximum Gasteiger partial charge on any atom is 0.262 e. The first-order valence-electron chi connectivity index (χ1n) is 8.69. The summed E-state index contributed by atoms with van der Waals surface area (Å²) in [7, 11) is 0. The number of hydrogen-bond donors (Lipinski definition) is 0. The van der Waals surface area contributed by atoms with Crippen molar-refractivity contribution in [2.24, 2.45) is 0 Å². The maximum atomic E-state index is 3.54. The highest BCUT2D eigenvalue weighted by Gasteiger charge is 2.26. The largest absolute Gasteiger partial charge is 0.262 e. The second kappa shape index (κ2) is 6.56. The Morgan fingerprint density at radius 3 is 2.42 bits per heavy atom. The Balaban J connectivity index is 1.88. The number of nitrogens with zero attached hydrogens (tertiary/aromatic N) is 2. The van der Waals surface area contributed by atoms with Crippen molar-refractivity contribution < 1.29 is 4.57 Å². The van der Waals surface area contributed by atoms with E-state index in [4.69, 9.17) is 0 Å². The third-order valence-electron chi connectivity index (χ3n) is 4.87. The van der Waals surface area contributed by atoms with Crippen molar-refractivity contribution in [1.82, 2.24) is 4.57 Å². The fourth-order valence-corrected chi connectivity index (χ4v) is 3.81. The molecule has 1 aliphatic heterocycles. The van der Waals surface area contributed by atoms with Crippen LogP contribution >= 0.6 is 15.9 Å². The maximum absolute atomic E-state index is 3.54. The molecule has 0 saturated heterocycles. The molecular weight excluding hydrogens is 360 g/mol. The van der Waals surface area contributed by atoms with E-state index in [0.717, 1.165) is 17.4 Å². The first-order valence-corrected chi connectivity index (χ1v) is 9.49. The van der Waals surface area contributed by atoms with E-state index in [-0.39, 0.29) is 0 Å². The number of rotatable bonds is 2. The van der Waals surface area contributed by atoms with Gasteiger partial charge in [-0.15, -0.1) is 0 Å². The van der Waals surface area contributed by atoms with Gasteiger partial charge in [-0.1, -0.05) is 45.8 Å². The average Bonchev–Trinajstić information content (AvgIpc) is 2.78. The lowest BCUT2D eigenvalue weighted by atomic mass is 10.1. The van der Waals surface area contributed by atoms with Gasteiger partial charge >= 0.3 is 0 Å². The molecule has 0 atom stereocenters. The highest BCUT2D eigenvalue weighted by Crippen LogP contribution is 2.24. The number of halogens is 1. The van der Waals surface area contributed by atoms with E-state index >= 15 is 0 Å². The van der Waals surface area contributed by atoms with Crippen LogP contribution in [0.3, 0.4) is 0 Å². The molecule has 24 heavy (non-hydrogen) atoms. The Labute approximate surface area is 151 Å². The molecule has 1 aromatic heterocycles. The predicted molar refractivity (Wildman–Crippen MR) is 101 cm³/mol. The topological polar surface area (TPSA) is 8.81 Å². The number of aryl methyl sites for hydroxylation is 1. The van der Waals surface area contributed by atoms with Crippen LogP contribution in [0.2, 0.25) is 0 Å². The van der Waals surface area contributed by atoms with Gasteiger partial charge in [-0.25, -0.2) is 4.57 Å². The van der Waals surface area contributed by atoms with Crippen LogP contribution < -0.4 is 4.57 Å². The van der Waals surface area contributed by atoms with Gasteiger partial charge in [-0.2, -0.15) is 4.57 Å². The molecule has 4 rings (SSSR count). The second-order valence-corrected chi connectivity index (χ2v) is 7.52. The van der Waals surface area contributed by atoms with E-state index in [9.17, 15) is 0 Å². The number of hydrogen-bond acceptors (Lipinski definition) is 0. The van der Waals surface area contributed by atoms with Crippen molar-refractivity contribution in [2.45, 2.75) is 39.2 Å². The van der Waals surface area contributed by atoms with Gasteiger partial charge in [0, 0.05) is 16.5 Å². The summed E-state index contributed by atoms with van der Waals surface area (Å²) in [5.41, 5.74) is 5.18. The Bertz CT molecular complexity index is 775. The van der Waals surface area contributed by atoms with Crippen molar-refractivity contribution in [3.05, 3.63) is 70.6 Å². The second-order valence-electron chi connectivity index (χ2n) is 6.61. The van der Waals surface area contributed by atoms with Gasteiger partial charge in [0.15, 0.2) is 5.69 Å². The SMILES string of the molecule is Cc1ccc(-c2cn(-c3ccc(Br)cc3)c3[n+]2CCCCC3)cc1. The van der Waals surface area contributed by atoms with Crippen molar-refractivity contribution in [1.29, 1.82) is 0 Å². The number of imidazole rings is 1. The zero-order chi connectivity index (χ0) is 16.5. The van der Waals surface area contributed by atoms with E-state index in [1.54, 1.807) is 0 Å². The van der Waals surface area contributed by atoms with Crippen LogP contribution in [0.15, 0.2) is 59.2 Å². The Hall–Kier alpha value is -1.87. The minimum absolute atomic E-state index is 1.11. The normalized spacial score (nSPS) is 14.2. The molecule has 122 valence electrons. The molecule has 3 aromatic rings. The summed E-state index contributed by atoms with van der Waals surface area (Å²) in [5, 5.41) is 0. The number of aromatic nitrogens is 2. The fraction of sp³-hybridized carbons (Fsp3) is 0.286. The highest BCUT2D eigenvalue weighted by atomic mass is 79.9. The zero-order valence-corrected chi connectivity index (χ0v) is 15.6. The minimum atomic E-state index is 1.11. The van der Waals surface area contributed by atoms with Crippen molar-refractivity contribution in [3.8, 4) is 16.9 Å². The predicted octanol–water partition coefficient (Wildman–Crippen LogP) is 5.23. The smallest absolute Gasteiger partial charge is 0.227 e. The molecule has 0 radical (unpaired) electrons. The van der Waals surface area contributed by atoms with Crippen molar-refractivity contribution in [3.63, 3.8) is 0 Å². The number of benzene rings is 2. The first-order chi connectivity index (χ1) is 11.7. The summed E-state index contributed by atoms with van der Waals surface area (Å²) in [6, 6.07) is 17.5. The summed E-state index contributed by atoms with van der Waals surface area (Å²) in [6.07, 6.45) is 7.31. The zero-order valence-electron chi connectivity index (χ0n) is 14.0. The summed E-state index contributed by atoms with van der Waals surface area (Å²) in [4.78, 5) is 0. The lowest BCUT2D eigenvalue weighted by Gasteiger charge is -2.03. The van der Waals surface area contributed by atoms with Crippen LogP contribution in [0, 0.1) is 6.92 Å². The lowest BCUT2D eigenvalue weighted by molar-refractivity contribution is -0.692. The van der Waals surface area contributed by atoms with Gasteiger partial charge in [-0.3, -0.25) is 0 Å². The lowest BCUT2D eigenvalue weighted by Crippen LogP contribution is -2.38. The highest BCUT2D eigenvalue weighted by molar-refractivity contribution is 9.10. The molecule has 0 bridgehead atoms. The molecule has 0 N–H and O–H groups in total. The standard InChI is InChI=1S/C21H22BrN2/c1-16-6-8-17(9-7-16)20-15-24(19-12-10-18(22)11-13-19)21-5-3-2-4-14-23(20)21/h6-13,15H,2-5,14H2,1H3/q+1. The number of fused-ring (bicyclic) bond motifs is 1. The molecular formula is C21H22BrN2+. The van der Waals surface area contributed by atoms with Gasteiger partial charge in [0.05, 0.1) is 6.54 Å². The quantitative estimate of drug-likeness (QED) is 0.537. The summed E-state index contributed by atoms with van der Waals surface area (Å²) in [5.74, 6) is 1.42. The van der Waals surface area contributed by atoms with Crippen LogP contribution in [0.5, 0.6) is 0 Å². The third kappa shape index (κ3) is 2.93. The molecule has 0 unspecified atom stereocenters. The van der Waals surface area contributed by atoms with Crippen LogP contribution in [-0.4, -0.2) is 4.57 Å². The molecule has 0 aliphatic carbocycles. The Morgan fingerprint density at radius 2 is 1.67 bits per heavy atom. The van der Waals surface area contributed by atoms with Crippen LogP contribution in [-0.2, 0) is 13.0 Å². The Kier molecular flexibility index (Phi) is 4.28. The monoisotopic (exact) mass is 381 g/mol. The minimum Gasteiger partial charge on any atom is -0.227 e. The van der Waals surface area contributed by atoms with Gasteiger partial charge in [0.25, 0.3) is 5.82 Å². The van der Waals surface area contributed by atoms with E-state index in [2.05, 4.69) is 86.7 Å². The fourth-order valence-electron chi connectivity index (χ4n) is 3.55. The van der Waals surface area contributed by atoms with Gasteiger partial charge < -0.3 is 0 Å². The van der Waals surface area contributed by atoms with Crippen molar-refractivity contribution in [2.75, 3.05) is 0 Å². The van der Waals surface area contributed by atoms with E-state index < -0.39 is 0 Å². The van der Waals surface area contributed by atoms with Crippen LogP contribution in [0.4, 0.5) is 0 Å².